The maximum Gasteiger partial charge on any atom is 0.315 e. The first-order valence-electron chi connectivity index (χ1n) is 14.7. The van der Waals surface area contributed by atoms with Crippen LogP contribution in [0, 0.1) is 0 Å². The van der Waals surface area contributed by atoms with Crippen LogP contribution in [0.15, 0.2) is 78.9 Å². The molecule has 41 heavy (non-hydrogen) atoms. The lowest BCUT2D eigenvalue weighted by Crippen LogP contribution is -2.49. The zero-order valence-corrected chi connectivity index (χ0v) is 23.9. The lowest BCUT2D eigenvalue weighted by Gasteiger charge is -2.40. The van der Waals surface area contributed by atoms with Gasteiger partial charge in [0.05, 0.1) is 18.8 Å². The first kappa shape index (κ1) is 29.2. The lowest BCUT2D eigenvalue weighted by molar-refractivity contribution is -0.253. The first-order valence-corrected chi connectivity index (χ1v) is 14.7. The SMILES string of the molecule is CCNC(=O)NCc1ccc([C@@H]2O[C@H](CN3CCN(Cc4ccccc4)CC3)C[C@H](c3ccc(CO)cc3)O2)cc1. The first-order chi connectivity index (χ1) is 20.1. The molecular formula is C33H42N4O4. The van der Waals surface area contributed by atoms with Gasteiger partial charge in [-0.3, -0.25) is 9.80 Å². The van der Waals surface area contributed by atoms with Crippen LogP contribution in [-0.4, -0.2) is 66.3 Å². The highest BCUT2D eigenvalue weighted by atomic mass is 16.7. The molecule has 3 aromatic rings. The van der Waals surface area contributed by atoms with Crippen LogP contribution in [0.2, 0.25) is 0 Å². The summed E-state index contributed by atoms with van der Waals surface area (Å²) in [6, 6.07) is 26.6. The largest absolute Gasteiger partial charge is 0.392 e. The Labute approximate surface area is 243 Å². The van der Waals surface area contributed by atoms with Gasteiger partial charge in [-0.25, -0.2) is 4.79 Å². The summed E-state index contributed by atoms with van der Waals surface area (Å²) >= 11 is 0. The maximum absolute atomic E-state index is 11.8. The van der Waals surface area contributed by atoms with Crippen LogP contribution < -0.4 is 10.6 Å². The third-order valence-electron chi connectivity index (χ3n) is 7.83. The summed E-state index contributed by atoms with van der Waals surface area (Å²) in [6.45, 7) is 8.93. The van der Waals surface area contributed by atoms with Crippen molar-refractivity contribution in [2.24, 2.45) is 0 Å². The highest BCUT2D eigenvalue weighted by molar-refractivity contribution is 5.73. The topological polar surface area (TPSA) is 86.3 Å². The Morgan fingerprint density at radius 2 is 1.46 bits per heavy atom. The number of benzene rings is 3. The summed E-state index contributed by atoms with van der Waals surface area (Å²) in [7, 11) is 0. The second-order valence-corrected chi connectivity index (χ2v) is 10.9. The molecule has 0 bridgehead atoms. The van der Waals surface area contributed by atoms with Crippen molar-refractivity contribution in [2.45, 2.75) is 51.5 Å². The fourth-order valence-electron chi connectivity index (χ4n) is 5.49. The Bertz CT molecular complexity index is 1210. The predicted molar refractivity (Wildman–Crippen MR) is 159 cm³/mol. The molecule has 2 heterocycles. The van der Waals surface area contributed by atoms with Gasteiger partial charge < -0.3 is 25.2 Å². The number of carbonyl (C=O) groups is 1. The molecule has 2 aliphatic heterocycles. The Morgan fingerprint density at radius 1 is 0.805 bits per heavy atom. The van der Waals surface area contributed by atoms with Gasteiger partial charge in [0.1, 0.15) is 0 Å². The van der Waals surface area contributed by atoms with Crippen molar-refractivity contribution in [3.63, 3.8) is 0 Å². The summed E-state index contributed by atoms with van der Waals surface area (Å²) in [5.74, 6) is 0. The zero-order valence-electron chi connectivity index (χ0n) is 23.9. The zero-order chi connectivity index (χ0) is 28.4. The number of hydrogen-bond donors (Lipinski definition) is 3. The van der Waals surface area contributed by atoms with E-state index >= 15 is 0 Å². The Hall–Kier alpha value is -3.27. The molecule has 0 unspecified atom stereocenters. The number of nitrogens with one attached hydrogen (secondary N) is 2. The standard InChI is InChI=1S/C33H42N4O4/c1-2-34-33(39)35-21-25-8-14-29(15-9-25)32-40-30(20-31(41-32)28-12-10-27(24-38)11-13-28)23-37-18-16-36(17-19-37)22-26-6-4-3-5-7-26/h3-15,30-32,38H,2,16-24H2,1H3,(H2,34,35,39)/t30-,31+,32+/m0/s1. The molecule has 2 aliphatic rings. The minimum atomic E-state index is -0.485. The highest BCUT2D eigenvalue weighted by Gasteiger charge is 2.33. The molecular weight excluding hydrogens is 516 g/mol. The van der Waals surface area contributed by atoms with Crippen molar-refractivity contribution >= 4 is 6.03 Å². The van der Waals surface area contributed by atoms with Gasteiger partial charge in [-0.1, -0.05) is 78.9 Å². The van der Waals surface area contributed by atoms with Crippen LogP contribution in [-0.2, 0) is 29.2 Å². The molecule has 0 aromatic heterocycles. The van der Waals surface area contributed by atoms with Crippen LogP contribution in [0.1, 0.15) is 53.6 Å². The summed E-state index contributed by atoms with van der Waals surface area (Å²) in [4.78, 5) is 16.8. The van der Waals surface area contributed by atoms with Crippen molar-refractivity contribution < 1.29 is 19.4 Å². The van der Waals surface area contributed by atoms with E-state index in [-0.39, 0.29) is 24.8 Å². The van der Waals surface area contributed by atoms with E-state index in [1.165, 1.54) is 5.56 Å². The van der Waals surface area contributed by atoms with Crippen molar-refractivity contribution in [2.75, 3.05) is 39.3 Å². The molecule has 5 rings (SSSR count). The smallest absolute Gasteiger partial charge is 0.315 e. The van der Waals surface area contributed by atoms with Crippen LogP contribution in [0.4, 0.5) is 4.79 Å². The molecule has 0 aliphatic carbocycles. The summed E-state index contributed by atoms with van der Waals surface area (Å²) < 4.78 is 13.1. The second kappa shape index (κ2) is 14.6. The van der Waals surface area contributed by atoms with Gasteiger partial charge in [0, 0.05) is 64.3 Å². The predicted octanol–water partition coefficient (Wildman–Crippen LogP) is 4.36. The number of amides is 2. The number of piperazine rings is 1. The van der Waals surface area contributed by atoms with E-state index in [4.69, 9.17) is 9.47 Å². The van der Waals surface area contributed by atoms with Gasteiger partial charge in [-0.2, -0.15) is 0 Å². The van der Waals surface area contributed by atoms with E-state index in [1.54, 1.807) is 0 Å². The molecule has 2 fully saturated rings. The van der Waals surface area contributed by atoms with Crippen molar-refractivity contribution in [3.05, 3.63) is 107 Å². The number of carbonyl (C=O) groups excluding carboxylic acids is 1. The van der Waals surface area contributed by atoms with Crippen LogP contribution >= 0.6 is 0 Å². The van der Waals surface area contributed by atoms with Gasteiger partial charge in [0.15, 0.2) is 6.29 Å². The summed E-state index contributed by atoms with van der Waals surface area (Å²) in [5.41, 5.74) is 5.31. The monoisotopic (exact) mass is 558 g/mol. The van der Waals surface area contributed by atoms with E-state index in [9.17, 15) is 9.90 Å². The van der Waals surface area contributed by atoms with E-state index in [1.807, 2.05) is 55.5 Å². The number of rotatable bonds is 10. The molecule has 0 saturated carbocycles. The minimum Gasteiger partial charge on any atom is -0.392 e. The quantitative estimate of drug-likeness (QED) is 0.343. The fraction of sp³-hybridized carbons (Fsp3) is 0.424. The third kappa shape index (κ3) is 8.38. The average molecular weight is 559 g/mol. The normalized spacial score (nSPS) is 21.9. The summed E-state index contributed by atoms with van der Waals surface area (Å²) in [5, 5.41) is 15.1. The number of urea groups is 1. The molecule has 0 radical (unpaired) electrons. The molecule has 218 valence electrons. The van der Waals surface area contributed by atoms with E-state index in [0.717, 1.165) is 67.9 Å². The molecule has 0 spiro atoms. The van der Waals surface area contributed by atoms with Crippen molar-refractivity contribution in [1.82, 2.24) is 20.4 Å². The van der Waals surface area contributed by atoms with Crippen molar-refractivity contribution in [1.29, 1.82) is 0 Å². The number of aliphatic hydroxyl groups excluding tert-OH is 1. The maximum atomic E-state index is 11.8. The highest BCUT2D eigenvalue weighted by Crippen LogP contribution is 2.38. The van der Waals surface area contributed by atoms with Gasteiger partial charge >= 0.3 is 6.03 Å². The minimum absolute atomic E-state index is 0.0241. The molecule has 2 amide bonds. The van der Waals surface area contributed by atoms with Gasteiger partial charge in [-0.05, 0) is 29.2 Å². The lowest BCUT2D eigenvalue weighted by atomic mass is 9.99. The fourth-order valence-corrected chi connectivity index (χ4v) is 5.49. The van der Waals surface area contributed by atoms with E-state index < -0.39 is 6.29 Å². The van der Waals surface area contributed by atoms with E-state index in [0.29, 0.717) is 13.1 Å². The number of aliphatic hydroxyl groups is 1. The van der Waals surface area contributed by atoms with E-state index in [2.05, 4.69) is 50.8 Å². The van der Waals surface area contributed by atoms with Crippen LogP contribution in [0.3, 0.4) is 0 Å². The van der Waals surface area contributed by atoms with Gasteiger partial charge in [-0.15, -0.1) is 0 Å². The van der Waals surface area contributed by atoms with Crippen LogP contribution in [0.25, 0.3) is 0 Å². The second-order valence-electron chi connectivity index (χ2n) is 10.9. The molecule has 3 N–H and O–H groups in total. The Balaban J connectivity index is 1.22. The number of nitrogens with zero attached hydrogens (tertiary/aromatic N) is 2. The molecule has 3 atom stereocenters. The molecule has 8 heteroatoms. The average Bonchev–Trinajstić information content (AvgIpc) is 3.02. The molecule has 8 nitrogen and oxygen atoms in total. The molecule has 3 aromatic carbocycles. The number of hydrogen-bond acceptors (Lipinski definition) is 6. The van der Waals surface area contributed by atoms with Crippen LogP contribution in [0.5, 0.6) is 0 Å². The van der Waals surface area contributed by atoms with Gasteiger partial charge in [0.2, 0.25) is 0 Å². The summed E-state index contributed by atoms with van der Waals surface area (Å²) in [6.07, 6.45) is 0.204. The number of ether oxygens (including phenoxy) is 2. The van der Waals surface area contributed by atoms with Crippen molar-refractivity contribution in [3.8, 4) is 0 Å². The third-order valence-corrected chi connectivity index (χ3v) is 7.83. The molecule has 2 saturated heterocycles. The van der Waals surface area contributed by atoms with Gasteiger partial charge in [0.25, 0.3) is 0 Å². The Morgan fingerprint density at radius 3 is 2.15 bits per heavy atom. The Kier molecular flexibility index (Phi) is 10.4.